The maximum Gasteiger partial charge on any atom is 0.0465 e. The molecule has 0 spiro atoms. The number of fused-ring (bicyclic) bond motifs is 12. The molecular formula is C96H80N2. The SMILES string of the molecule is Cc1ccc(N(c2ccc(-c3ccc4c(c3)C(C)(C)c3ccccc3-4)cc2)c2ccc3c(c2)C(C)(C)c2cc(C=Cc4ccc(C=Cc5ccc6c(c5)C(C)(C)c5cc(N(c7ccc(C)cc7)c7ccc(-c8ccc9c(c8)C(C)(C)c8ccccc8-9)cc7)ccc5-6)cc4)ccc2-3)cc1. The summed E-state index contributed by atoms with van der Waals surface area (Å²) in [6, 6.07) is 105. The van der Waals surface area contributed by atoms with Crippen LogP contribution in [0.3, 0.4) is 0 Å². The fourth-order valence-electron chi connectivity index (χ4n) is 16.7. The van der Waals surface area contributed by atoms with Crippen LogP contribution in [-0.2, 0) is 21.7 Å². The number of hydrogen-bond donors (Lipinski definition) is 0. The molecule has 0 saturated carbocycles. The van der Waals surface area contributed by atoms with E-state index in [4.69, 9.17) is 0 Å². The molecule has 0 fully saturated rings. The second-order valence-electron chi connectivity index (χ2n) is 30.0. The highest BCUT2D eigenvalue weighted by Crippen LogP contribution is 2.55. The summed E-state index contributed by atoms with van der Waals surface area (Å²) in [6.45, 7) is 23.3. The molecule has 474 valence electrons. The quantitative estimate of drug-likeness (QED) is 0.113. The molecule has 0 saturated heterocycles. The normalized spacial score (nSPS) is 14.9. The van der Waals surface area contributed by atoms with Crippen LogP contribution in [0.25, 0.3) is 91.1 Å². The van der Waals surface area contributed by atoms with Crippen molar-refractivity contribution < 1.29 is 0 Å². The molecule has 4 aliphatic carbocycles. The molecule has 0 heterocycles. The average molecular weight is 1260 g/mol. The molecule has 2 nitrogen and oxygen atoms in total. The summed E-state index contributed by atoms with van der Waals surface area (Å²) < 4.78 is 0. The topological polar surface area (TPSA) is 6.48 Å². The molecule has 0 atom stereocenters. The number of benzene rings is 13. The summed E-state index contributed by atoms with van der Waals surface area (Å²) in [4.78, 5) is 4.83. The highest BCUT2D eigenvalue weighted by atomic mass is 15.1. The van der Waals surface area contributed by atoms with Gasteiger partial charge in [-0.25, -0.2) is 0 Å². The zero-order valence-electron chi connectivity index (χ0n) is 57.8. The van der Waals surface area contributed by atoms with Gasteiger partial charge in [-0.2, -0.15) is 0 Å². The Morgan fingerprint density at radius 1 is 0.204 bits per heavy atom. The predicted molar refractivity (Wildman–Crippen MR) is 417 cm³/mol. The lowest BCUT2D eigenvalue weighted by Gasteiger charge is -2.28. The van der Waals surface area contributed by atoms with Gasteiger partial charge >= 0.3 is 0 Å². The molecule has 0 N–H and O–H groups in total. The van der Waals surface area contributed by atoms with Crippen LogP contribution < -0.4 is 9.80 Å². The first-order chi connectivity index (χ1) is 47.4. The Kier molecular flexibility index (Phi) is 14.1. The van der Waals surface area contributed by atoms with Crippen molar-refractivity contribution in [3.63, 3.8) is 0 Å². The Hall–Kier alpha value is -11.1. The first-order valence-corrected chi connectivity index (χ1v) is 34.9. The molecule has 4 aliphatic rings. The van der Waals surface area contributed by atoms with E-state index in [1.54, 1.807) is 0 Å². The second kappa shape index (κ2) is 22.8. The molecule has 0 unspecified atom stereocenters. The van der Waals surface area contributed by atoms with Gasteiger partial charge in [0.05, 0.1) is 0 Å². The van der Waals surface area contributed by atoms with E-state index < -0.39 is 0 Å². The van der Waals surface area contributed by atoms with Crippen molar-refractivity contribution in [3.05, 3.63) is 357 Å². The molecule has 0 amide bonds. The molecule has 13 aromatic carbocycles. The van der Waals surface area contributed by atoms with E-state index in [0.29, 0.717) is 0 Å². The summed E-state index contributed by atoms with van der Waals surface area (Å²) in [5.74, 6) is 0. The van der Waals surface area contributed by atoms with Gasteiger partial charge in [0.15, 0.2) is 0 Å². The summed E-state index contributed by atoms with van der Waals surface area (Å²) in [6.07, 6.45) is 9.02. The lowest BCUT2D eigenvalue weighted by Crippen LogP contribution is -2.16. The van der Waals surface area contributed by atoms with Crippen LogP contribution in [0.1, 0.15) is 133 Å². The van der Waals surface area contributed by atoms with Gasteiger partial charge in [-0.05, 0) is 232 Å². The van der Waals surface area contributed by atoms with Gasteiger partial charge in [-0.3, -0.25) is 0 Å². The Balaban J connectivity index is 0.583. The van der Waals surface area contributed by atoms with E-state index in [0.717, 1.165) is 34.1 Å². The maximum absolute atomic E-state index is 2.44. The van der Waals surface area contributed by atoms with Crippen molar-refractivity contribution in [3.8, 4) is 66.8 Å². The predicted octanol–water partition coefficient (Wildman–Crippen LogP) is 26.1. The fourth-order valence-corrected chi connectivity index (χ4v) is 16.7. The number of anilines is 6. The minimum absolute atomic E-state index is 0.0481. The molecule has 13 aromatic rings. The Labute approximate surface area is 579 Å². The number of hydrogen-bond acceptors (Lipinski definition) is 2. The number of nitrogens with zero attached hydrogens (tertiary/aromatic N) is 2. The van der Waals surface area contributed by atoms with Gasteiger partial charge in [-0.15, -0.1) is 0 Å². The van der Waals surface area contributed by atoms with Crippen molar-refractivity contribution in [1.82, 2.24) is 0 Å². The van der Waals surface area contributed by atoms with Gasteiger partial charge in [0.25, 0.3) is 0 Å². The van der Waals surface area contributed by atoms with Gasteiger partial charge in [-0.1, -0.05) is 285 Å². The minimum Gasteiger partial charge on any atom is -0.310 e. The third-order valence-electron chi connectivity index (χ3n) is 22.4. The molecule has 0 radical (unpaired) electrons. The molecule has 0 bridgehead atoms. The Morgan fingerprint density at radius 3 is 0.816 bits per heavy atom. The lowest BCUT2D eigenvalue weighted by molar-refractivity contribution is 0.660. The van der Waals surface area contributed by atoms with Gasteiger partial charge in [0.1, 0.15) is 0 Å². The zero-order chi connectivity index (χ0) is 67.0. The molecule has 98 heavy (non-hydrogen) atoms. The molecule has 17 rings (SSSR count). The van der Waals surface area contributed by atoms with E-state index in [-0.39, 0.29) is 21.7 Å². The van der Waals surface area contributed by atoms with Gasteiger partial charge < -0.3 is 9.80 Å². The maximum atomic E-state index is 2.44. The van der Waals surface area contributed by atoms with E-state index in [9.17, 15) is 0 Å². The largest absolute Gasteiger partial charge is 0.310 e. The van der Waals surface area contributed by atoms with E-state index in [1.807, 2.05) is 0 Å². The summed E-state index contributed by atoms with van der Waals surface area (Å²) >= 11 is 0. The number of rotatable bonds is 12. The van der Waals surface area contributed by atoms with Crippen LogP contribution in [0.15, 0.2) is 279 Å². The van der Waals surface area contributed by atoms with Crippen LogP contribution >= 0.6 is 0 Å². The first-order valence-electron chi connectivity index (χ1n) is 34.9. The van der Waals surface area contributed by atoms with Crippen molar-refractivity contribution >= 4 is 58.4 Å². The zero-order valence-corrected chi connectivity index (χ0v) is 57.8. The lowest BCUT2D eigenvalue weighted by atomic mass is 9.81. The summed E-state index contributed by atoms with van der Waals surface area (Å²) in [5, 5.41) is 0. The van der Waals surface area contributed by atoms with Crippen LogP contribution in [0.2, 0.25) is 0 Å². The van der Waals surface area contributed by atoms with E-state index in [1.165, 1.54) is 145 Å². The standard InChI is InChI=1S/C96H80N2/c1-61-19-39-71(40-20-61)97(73-43-33-67(34-44-73)69-37-51-81-77-15-11-13-17-85(77)93(3,4)89(81)57-69)75-47-53-83-79-49-31-65(55-87(79)95(7,8)91(83)59-75)29-27-63-23-25-64(26-24-63)28-30-66-32-50-80-84-54-48-76(60-92(84)96(9,10)88(80)56-66)98(72-41-21-62(2)22-42-72)74-45-35-68(36-46-74)70-38-52-82-78-16-12-14-18-86(78)94(5,6)90(82)58-70/h11-60H,1-10H3. The van der Waals surface area contributed by atoms with Crippen molar-refractivity contribution in [2.75, 3.05) is 9.80 Å². The third-order valence-corrected chi connectivity index (χ3v) is 22.4. The van der Waals surface area contributed by atoms with Gasteiger partial charge in [0, 0.05) is 55.8 Å². The smallest absolute Gasteiger partial charge is 0.0465 e. The first kappa shape index (κ1) is 60.6. The monoisotopic (exact) mass is 1260 g/mol. The van der Waals surface area contributed by atoms with Gasteiger partial charge in [0.2, 0.25) is 0 Å². The Bertz CT molecular complexity index is 5080. The fraction of sp³-hybridized carbons (Fsp3) is 0.146. The number of aryl methyl sites for hydroxylation is 2. The summed E-state index contributed by atoms with van der Waals surface area (Å²) in [7, 11) is 0. The molecule has 2 heteroatoms. The van der Waals surface area contributed by atoms with Crippen LogP contribution in [-0.4, -0.2) is 0 Å². The molecular weight excluding hydrogens is 1180 g/mol. The minimum atomic E-state index is -0.208. The van der Waals surface area contributed by atoms with Crippen LogP contribution in [0, 0.1) is 13.8 Å². The second-order valence-corrected chi connectivity index (χ2v) is 30.0. The van der Waals surface area contributed by atoms with Crippen LogP contribution in [0.5, 0.6) is 0 Å². The van der Waals surface area contributed by atoms with E-state index in [2.05, 4.69) is 382 Å². The van der Waals surface area contributed by atoms with E-state index >= 15 is 0 Å². The van der Waals surface area contributed by atoms with Crippen LogP contribution in [0.4, 0.5) is 34.1 Å². The van der Waals surface area contributed by atoms with Crippen molar-refractivity contribution in [2.45, 2.75) is 90.9 Å². The summed E-state index contributed by atoms with van der Waals surface area (Å²) in [5.41, 5.74) is 40.1. The average Bonchev–Trinajstić information content (AvgIpc) is 1.60. The Morgan fingerprint density at radius 2 is 0.449 bits per heavy atom. The van der Waals surface area contributed by atoms with Crippen molar-refractivity contribution in [2.24, 2.45) is 0 Å². The third kappa shape index (κ3) is 9.98. The van der Waals surface area contributed by atoms with Crippen molar-refractivity contribution in [1.29, 1.82) is 0 Å². The molecule has 0 aliphatic heterocycles. The highest BCUT2D eigenvalue weighted by Gasteiger charge is 2.40. The molecule has 0 aromatic heterocycles. The highest BCUT2D eigenvalue weighted by molar-refractivity contribution is 5.91.